The van der Waals surface area contributed by atoms with Crippen LogP contribution in [0.4, 0.5) is 4.39 Å². The maximum absolute atomic E-state index is 14.4. The molecule has 0 N–H and O–H groups in total. The highest BCUT2D eigenvalue weighted by molar-refractivity contribution is 14.1. The van der Waals surface area contributed by atoms with Crippen LogP contribution in [0.1, 0.15) is 5.56 Å². The van der Waals surface area contributed by atoms with Gasteiger partial charge < -0.3 is 4.57 Å². The van der Waals surface area contributed by atoms with Gasteiger partial charge in [0.05, 0.1) is 12.1 Å². The minimum absolute atomic E-state index is 0.294. The number of rotatable bonds is 3. The molecule has 0 aliphatic carbocycles. The Kier molecular flexibility index (Phi) is 3.77. The molecule has 1 aromatic carbocycles. The number of pyridine rings is 1. The lowest BCUT2D eigenvalue weighted by Gasteiger charge is -2.08. The van der Waals surface area contributed by atoms with Crippen LogP contribution in [0.25, 0.3) is 21.7 Å². The van der Waals surface area contributed by atoms with E-state index >= 15 is 0 Å². The summed E-state index contributed by atoms with van der Waals surface area (Å²) in [5.41, 5.74) is 2.08. The fourth-order valence-electron chi connectivity index (χ4n) is 2.46. The smallest absolute Gasteiger partial charge is 0.156 e. The summed E-state index contributed by atoms with van der Waals surface area (Å²) in [6, 6.07) is 8.74. The Labute approximate surface area is 148 Å². The van der Waals surface area contributed by atoms with E-state index < -0.39 is 0 Å². The van der Waals surface area contributed by atoms with Gasteiger partial charge in [0.2, 0.25) is 0 Å². The molecule has 0 spiro atoms. The van der Waals surface area contributed by atoms with Gasteiger partial charge >= 0.3 is 0 Å². The summed E-state index contributed by atoms with van der Waals surface area (Å²) in [6.07, 6.45) is 3.49. The van der Waals surface area contributed by atoms with Crippen molar-refractivity contribution in [2.45, 2.75) is 6.54 Å². The minimum Gasteiger partial charge on any atom is -0.316 e. The Morgan fingerprint density at radius 2 is 2.13 bits per heavy atom. The molecule has 3 heterocycles. The number of hydrogen-bond donors (Lipinski definition) is 0. The third-order valence-corrected chi connectivity index (χ3v) is 5.28. The molecule has 0 saturated heterocycles. The first kappa shape index (κ1) is 14.6. The topological polar surface area (TPSA) is 56.5 Å². The lowest BCUT2D eigenvalue weighted by atomic mass is 10.2. The second-order valence-electron chi connectivity index (χ2n) is 4.88. The molecular weight excluding hydrogens is 428 g/mol. The SMILES string of the molecule is Fc1cccc2nc(-c3snnc3I)n(Cc3cccnc3)c12. The standard InChI is InChI=1S/C15H9FIN5S/c16-10-4-1-5-11-12(10)22(8-9-3-2-6-18-7-9)15(19-11)13-14(17)20-21-23-13/h1-7H,8H2. The van der Waals surface area contributed by atoms with Gasteiger partial charge in [-0.2, -0.15) is 0 Å². The first-order valence-corrected chi connectivity index (χ1v) is 8.61. The molecule has 0 unspecified atom stereocenters. The predicted molar refractivity (Wildman–Crippen MR) is 94.6 cm³/mol. The number of imidazole rings is 1. The van der Waals surface area contributed by atoms with Gasteiger partial charge in [-0.25, -0.2) is 9.37 Å². The van der Waals surface area contributed by atoms with Gasteiger partial charge in [0, 0.05) is 12.4 Å². The van der Waals surface area contributed by atoms with Crippen molar-refractivity contribution in [3.63, 3.8) is 0 Å². The summed E-state index contributed by atoms with van der Waals surface area (Å²) < 4.78 is 21.0. The summed E-state index contributed by atoms with van der Waals surface area (Å²) >= 11 is 3.38. The lowest BCUT2D eigenvalue weighted by molar-refractivity contribution is 0.629. The van der Waals surface area contributed by atoms with Crippen LogP contribution >= 0.6 is 34.1 Å². The molecular formula is C15H9FIN5S. The number of benzene rings is 1. The third-order valence-electron chi connectivity index (χ3n) is 3.43. The zero-order valence-corrected chi connectivity index (χ0v) is 14.6. The first-order chi connectivity index (χ1) is 11.2. The summed E-state index contributed by atoms with van der Waals surface area (Å²) in [4.78, 5) is 9.57. The molecule has 3 aromatic heterocycles. The van der Waals surface area contributed by atoms with Crippen LogP contribution in [0.15, 0.2) is 42.7 Å². The van der Waals surface area contributed by atoms with E-state index in [-0.39, 0.29) is 5.82 Å². The zero-order chi connectivity index (χ0) is 15.8. The zero-order valence-electron chi connectivity index (χ0n) is 11.6. The molecule has 0 radical (unpaired) electrons. The predicted octanol–water partition coefficient (Wildman–Crippen LogP) is 3.74. The normalized spacial score (nSPS) is 11.2. The molecule has 0 bridgehead atoms. The third kappa shape index (κ3) is 2.61. The molecule has 4 rings (SSSR count). The second kappa shape index (κ2) is 5.93. The Bertz CT molecular complexity index is 982. The molecule has 23 heavy (non-hydrogen) atoms. The van der Waals surface area contributed by atoms with Crippen LogP contribution < -0.4 is 0 Å². The highest BCUT2D eigenvalue weighted by Crippen LogP contribution is 2.31. The van der Waals surface area contributed by atoms with Gasteiger partial charge in [0.25, 0.3) is 0 Å². The monoisotopic (exact) mass is 437 g/mol. The molecule has 4 aromatic rings. The number of para-hydroxylation sites is 1. The molecule has 114 valence electrons. The summed E-state index contributed by atoms with van der Waals surface area (Å²) in [5.74, 6) is 0.381. The van der Waals surface area contributed by atoms with Crippen LogP contribution in [0.3, 0.4) is 0 Å². The molecule has 0 aliphatic rings. The van der Waals surface area contributed by atoms with Crippen LogP contribution in [0.5, 0.6) is 0 Å². The van der Waals surface area contributed by atoms with Gasteiger partial charge in [-0.15, -0.1) is 5.10 Å². The van der Waals surface area contributed by atoms with E-state index in [4.69, 9.17) is 0 Å². The van der Waals surface area contributed by atoms with Crippen molar-refractivity contribution in [1.29, 1.82) is 0 Å². The maximum Gasteiger partial charge on any atom is 0.156 e. The molecule has 5 nitrogen and oxygen atoms in total. The van der Waals surface area contributed by atoms with Crippen molar-refractivity contribution < 1.29 is 4.39 Å². The van der Waals surface area contributed by atoms with Gasteiger partial charge in [-0.05, 0) is 57.9 Å². The number of halogens is 2. The van der Waals surface area contributed by atoms with Crippen LogP contribution in [-0.4, -0.2) is 24.1 Å². The Morgan fingerprint density at radius 1 is 1.22 bits per heavy atom. The van der Waals surface area contributed by atoms with Crippen LogP contribution in [0, 0.1) is 9.52 Å². The Hall–Kier alpha value is -1.94. The largest absolute Gasteiger partial charge is 0.316 e. The van der Waals surface area contributed by atoms with Crippen LogP contribution in [0.2, 0.25) is 0 Å². The highest BCUT2D eigenvalue weighted by Gasteiger charge is 2.20. The summed E-state index contributed by atoms with van der Waals surface area (Å²) in [6.45, 7) is 0.481. The number of nitrogens with zero attached hydrogens (tertiary/aromatic N) is 5. The van der Waals surface area contributed by atoms with E-state index in [0.29, 0.717) is 23.4 Å². The summed E-state index contributed by atoms with van der Waals surface area (Å²) in [5, 5.41) is 4.03. The van der Waals surface area contributed by atoms with E-state index in [1.165, 1.54) is 17.6 Å². The fraction of sp³-hybridized carbons (Fsp3) is 0.0667. The van der Waals surface area contributed by atoms with Crippen molar-refractivity contribution in [2.75, 3.05) is 0 Å². The van der Waals surface area contributed by atoms with Crippen molar-refractivity contribution in [1.82, 2.24) is 24.1 Å². The average molecular weight is 437 g/mol. The number of fused-ring (bicyclic) bond motifs is 1. The van der Waals surface area contributed by atoms with Gasteiger partial charge in [-0.1, -0.05) is 16.6 Å². The lowest BCUT2D eigenvalue weighted by Crippen LogP contribution is -2.03. The number of aromatic nitrogens is 5. The van der Waals surface area contributed by atoms with Crippen molar-refractivity contribution in [3.05, 3.63) is 57.8 Å². The van der Waals surface area contributed by atoms with E-state index in [9.17, 15) is 4.39 Å². The van der Waals surface area contributed by atoms with E-state index in [2.05, 4.69) is 42.1 Å². The molecule has 0 aliphatic heterocycles. The maximum atomic E-state index is 14.4. The van der Waals surface area contributed by atoms with E-state index in [1.54, 1.807) is 18.5 Å². The molecule has 0 amide bonds. The first-order valence-electron chi connectivity index (χ1n) is 6.76. The molecule has 0 saturated carbocycles. The number of hydrogen-bond acceptors (Lipinski definition) is 5. The second-order valence-corrected chi connectivity index (χ2v) is 6.66. The van der Waals surface area contributed by atoms with Gasteiger partial charge in [0.1, 0.15) is 19.9 Å². The van der Waals surface area contributed by atoms with Crippen molar-refractivity contribution in [3.8, 4) is 10.7 Å². The van der Waals surface area contributed by atoms with Crippen molar-refractivity contribution in [2.24, 2.45) is 0 Å². The molecule has 0 atom stereocenters. The van der Waals surface area contributed by atoms with Gasteiger partial charge in [0.15, 0.2) is 5.82 Å². The Morgan fingerprint density at radius 3 is 2.87 bits per heavy atom. The molecule has 0 fully saturated rings. The average Bonchev–Trinajstić information content (AvgIpc) is 3.13. The van der Waals surface area contributed by atoms with Crippen LogP contribution in [-0.2, 0) is 6.54 Å². The fourth-order valence-corrected chi connectivity index (χ4v) is 3.81. The summed E-state index contributed by atoms with van der Waals surface area (Å²) in [7, 11) is 0. The highest BCUT2D eigenvalue weighted by atomic mass is 127. The molecule has 8 heteroatoms. The van der Waals surface area contributed by atoms with E-state index in [0.717, 1.165) is 14.1 Å². The Balaban J connectivity index is 1.97. The van der Waals surface area contributed by atoms with E-state index in [1.807, 2.05) is 22.8 Å². The van der Waals surface area contributed by atoms with Crippen molar-refractivity contribution >= 4 is 45.2 Å². The van der Waals surface area contributed by atoms with Gasteiger partial charge in [-0.3, -0.25) is 4.98 Å². The minimum atomic E-state index is -0.294. The quantitative estimate of drug-likeness (QED) is 0.459.